The Labute approximate surface area is 142 Å². The molecule has 0 aliphatic rings. The second kappa shape index (κ2) is 6.32. The molecule has 0 unspecified atom stereocenters. The molecule has 0 saturated carbocycles. The number of aromatic nitrogens is 2. The van der Waals surface area contributed by atoms with E-state index in [-0.39, 0.29) is 0 Å². The third-order valence-corrected chi connectivity index (χ3v) is 4.46. The molecule has 24 heavy (non-hydrogen) atoms. The topological polar surface area (TPSA) is 17.8 Å². The van der Waals surface area contributed by atoms with E-state index in [1.807, 2.05) is 18.5 Å². The molecule has 0 bridgehead atoms. The van der Waals surface area contributed by atoms with Crippen LogP contribution in [0.4, 0.5) is 0 Å². The predicted octanol–water partition coefficient (Wildman–Crippen LogP) is 4.99. The van der Waals surface area contributed by atoms with Crippen LogP contribution in [-0.4, -0.2) is 9.55 Å². The molecule has 0 saturated heterocycles. The molecule has 0 fully saturated rings. The van der Waals surface area contributed by atoms with Gasteiger partial charge in [0.05, 0.1) is 17.4 Å². The van der Waals surface area contributed by atoms with E-state index in [0.29, 0.717) is 0 Å². The lowest BCUT2D eigenvalue weighted by Crippen LogP contribution is -2.03. The highest BCUT2D eigenvalue weighted by atomic mass is 15.0. The minimum absolute atomic E-state index is 0.774. The first-order valence-corrected chi connectivity index (χ1v) is 8.23. The van der Waals surface area contributed by atoms with Crippen molar-refractivity contribution < 1.29 is 0 Å². The highest BCUT2D eigenvalue weighted by molar-refractivity contribution is 5.87. The summed E-state index contributed by atoms with van der Waals surface area (Å²) in [7, 11) is 0. The number of nitrogens with zero attached hydrogens (tertiary/aromatic N) is 2. The quantitative estimate of drug-likeness (QED) is 0.519. The molecule has 2 heteroatoms. The minimum atomic E-state index is 0.774. The van der Waals surface area contributed by atoms with E-state index in [0.717, 1.165) is 18.5 Å². The molecular weight excluding hydrogens is 292 g/mol. The fourth-order valence-corrected chi connectivity index (χ4v) is 3.39. The van der Waals surface area contributed by atoms with Crippen LogP contribution in [0.15, 0.2) is 79.1 Å². The van der Waals surface area contributed by atoms with Gasteiger partial charge in [-0.25, -0.2) is 0 Å². The third-order valence-electron chi connectivity index (χ3n) is 4.46. The summed E-state index contributed by atoms with van der Waals surface area (Å²) in [6.45, 7) is 4.19. The first-order chi connectivity index (χ1) is 11.9. The van der Waals surface area contributed by atoms with Gasteiger partial charge < -0.3 is 4.57 Å². The van der Waals surface area contributed by atoms with Gasteiger partial charge in [0.1, 0.15) is 0 Å². The van der Waals surface area contributed by atoms with Crippen LogP contribution in [0.1, 0.15) is 16.8 Å². The molecular formula is C22H19N2. The summed E-state index contributed by atoms with van der Waals surface area (Å²) in [5.41, 5.74) is 6.23. The first kappa shape index (κ1) is 14.7. The Morgan fingerprint density at radius 2 is 1.67 bits per heavy atom. The van der Waals surface area contributed by atoms with Crippen LogP contribution < -0.4 is 0 Å². The summed E-state index contributed by atoms with van der Waals surface area (Å²) in [6, 6.07) is 23.3. The predicted molar refractivity (Wildman–Crippen MR) is 99.4 cm³/mol. The van der Waals surface area contributed by atoms with Gasteiger partial charge in [0, 0.05) is 23.7 Å². The molecule has 2 nitrogen and oxygen atoms in total. The van der Waals surface area contributed by atoms with Crippen molar-refractivity contribution in [2.75, 3.05) is 0 Å². The fraction of sp³-hybridized carbons (Fsp3) is 0.0909. The van der Waals surface area contributed by atoms with Crippen molar-refractivity contribution in [2.45, 2.75) is 12.8 Å². The Hall–Kier alpha value is -2.87. The normalized spacial score (nSPS) is 11.0. The zero-order valence-electron chi connectivity index (χ0n) is 13.5. The van der Waals surface area contributed by atoms with Crippen LogP contribution in [0.25, 0.3) is 16.6 Å². The van der Waals surface area contributed by atoms with E-state index >= 15 is 0 Å². The van der Waals surface area contributed by atoms with Crippen LogP contribution >= 0.6 is 0 Å². The summed E-state index contributed by atoms with van der Waals surface area (Å²) in [5.74, 6) is 0. The lowest BCUT2D eigenvalue weighted by molar-refractivity contribution is 0.954. The highest BCUT2D eigenvalue weighted by Gasteiger charge is 2.17. The number of rotatable bonds is 4. The number of para-hydroxylation sites is 1. The summed E-state index contributed by atoms with van der Waals surface area (Å²) in [5, 5.41) is 1.28. The molecule has 0 atom stereocenters. The van der Waals surface area contributed by atoms with E-state index in [1.165, 1.54) is 27.7 Å². The van der Waals surface area contributed by atoms with Crippen LogP contribution in [0.3, 0.4) is 0 Å². The molecule has 2 heterocycles. The summed E-state index contributed by atoms with van der Waals surface area (Å²) < 4.78 is 2.33. The second-order valence-electron chi connectivity index (χ2n) is 5.90. The van der Waals surface area contributed by atoms with Crippen molar-refractivity contribution in [1.29, 1.82) is 0 Å². The van der Waals surface area contributed by atoms with E-state index < -0.39 is 0 Å². The highest BCUT2D eigenvalue weighted by Crippen LogP contribution is 2.31. The van der Waals surface area contributed by atoms with Crippen molar-refractivity contribution in [3.05, 3.63) is 103 Å². The van der Waals surface area contributed by atoms with E-state index in [9.17, 15) is 0 Å². The first-order valence-electron chi connectivity index (χ1n) is 8.23. The van der Waals surface area contributed by atoms with Crippen molar-refractivity contribution in [3.63, 3.8) is 0 Å². The lowest BCUT2D eigenvalue weighted by atomic mass is 10.0. The molecule has 4 aromatic rings. The molecule has 1 radical (unpaired) electrons. The van der Waals surface area contributed by atoms with Gasteiger partial charge in [-0.2, -0.15) is 0 Å². The maximum atomic E-state index is 4.31. The van der Waals surface area contributed by atoms with Crippen LogP contribution in [0, 0.1) is 6.92 Å². The molecule has 0 spiro atoms. The third kappa shape index (κ3) is 2.50. The van der Waals surface area contributed by atoms with E-state index in [4.69, 9.17) is 0 Å². The number of hydrogen-bond donors (Lipinski definition) is 0. The minimum Gasteiger partial charge on any atom is -0.311 e. The molecule has 0 N–H and O–H groups in total. The Morgan fingerprint density at radius 3 is 2.42 bits per heavy atom. The van der Waals surface area contributed by atoms with Crippen LogP contribution in [0.2, 0.25) is 0 Å². The van der Waals surface area contributed by atoms with Crippen LogP contribution in [-0.2, 0) is 12.8 Å². The van der Waals surface area contributed by atoms with Gasteiger partial charge >= 0.3 is 0 Å². The van der Waals surface area contributed by atoms with Crippen LogP contribution in [0.5, 0.6) is 0 Å². The Morgan fingerprint density at radius 1 is 0.875 bits per heavy atom. The van der Waals surface area contributed by atoms with Crippen molar-refractivity contribution in [1.82, 2.24) is 9.55 Å². The lowest BCUT2D eigenvalue weighted by Gasteiger charge is -2.12. The van der Waals surface area contributed by atoms with Gasteiger partial charge in [0.25, 0.3) is 0 Å². The molecule has 2 aromatic heterocycles. The van der Waals surface area contributed by atoms with Gasteiger partial charge in [-0.15, -0.1) is 0 Å². The molecule has 4 rings (SSSR count). The van der Waals surface area contributed by atoms with Gasteiger partial charge in [0.15, 0.2) is 0 Å². The molecule has 2 aromatic carbocycles. The standard InChI is InChI=1S/C22H19N2/c1-2-19-20-12-6-7-13-21(20)24(18-11-8-14-23-16-18)22(19)15-17-9-4-3-5-10-17/h3-14,16H,1-2,15H2. The summed E-state index contributed by atoms with van der Waals surface area (Å²) in [4.78, 5) is 4.31. The zero-order chi connectivity index (χ0) is 16.4. The number of fused-ring (bicyclic) bond motifs is 1. The summed E-state index contributed by atoms with van der Waals surface area (Å²) in [6.07, 6.45) is 5.40. The largest absolute Gasteiger partial charge is 0.311 e. The molecule has 117 valence electrons. The zero-order valence-corrected chi connectivity index (χ0v) is 13.5. The average Bonchev–Trinajstić information content (AvgIpc) is 2.96. The Balaban J connectivity index is 1.99. The maximum absolute atomic E-state index is 4.31. The van der Waals surface area contributed by atoms with Gasteiger partial charge in [-0.3, -0.25) is 4.98 Å². The number of hydrogen-bond acceptors (Lipinski definition) is 1. The van der Waals surface area contributed by atoms with E-state index in [1.54, 1.807) is 0 Å². The summed E-state index contributed by atoms with van der Waals surface area (Å²) >= 11 is 0. The van der Waals surface area contributed by atoms with Crippen molar-refractivity contribution >= 4 is 10.9 Å². The number of pyridine rings is 1. The Bertz CT molecular complexity index is 953. The molecule has 0 aliphatic heterocycles. The van der Waals surface area contributed by atoms with Gasteiger partial charge in [-0.05, 0) is 42.7 Å². The van der Waals surface area contributed by atoms with Crippen molar-refractivity contribution in [2.24, 2.45) is 0 Å². The average molecular weight is 311 g/mol. The monoisotopic (exact) mass is 311 g/mol. The molecule has 0 amide bonds. The van der Waals surface area contributed by atoms with Gasteiger partial charge in [0.2, 0.25) is 0 Å². The smallest absolute Gasteiger partial charge is 0.0642 e. The Kier molecular flexibility index (Phi) is 3.87. The van der Waals surface area contributed by atoms with E-state index in [2.05, 4.69) is 77.1 Å². The maximum Gasteiger partial charge on any atom is 0.0642 e. The van der Waals surface area contributed by atoms with Crippen molar-refractivity contribution in [3.8, 4) is 5.69 Å². The van der Waals surface area contributed by atoms with Gasteiger partial charge in [-0.1, -0.05) is 48.5 Å². The number of benzene rings is 2. The molecule has 0 aliphatic carbocycles. The fourth-order valence-electron chi connectivity index (χ4n) is 3.39. The second-order valence-corrected chi connectivity index (χ2v) is 5.90. The SMILES string of the molecule is [CH2]Cc1c(Cc2ccccc2)n(-c2cccnc2)c2ccccc12.